The number of rotatable bonds is 3. The summed E-state index contributed by atoms with van der Waals surface area (Å²) in [4.78, 5) is 0. The highest BCUT2D eigenvalue weighted by atomic mass is 16.3. The number of nitriles is 1. The summed E-state index contributed by atoms with van der Waals surface area (Å²) >= 11 is 0. The van der Waals surface area contributed by atoms with Crippen LogP contribution in [0.15, 0.2) is 12.4 Å². The summed E-state index contributed by atoms with van der Waals surface area (Å²) in [6.07, 6.45) is 11.7. The monoisotopic (exact) mass is 451 g/mol. The Balaban J connectivity index is 1.27. The Morgan fingerprint density at radius 2 is 1.91 bits per heavy atom. The molecule has 12 unspecified atom stereocenters. The summed E-state index contributed by atoms with van der Waals surface area (Å²) < 4.78 is 1.78. The predicted molar refractivity (Wildman–Crippen MR) is 126 cm³/mol. The highest BCUT2D eigenvalue weighted by Crippen LogP contribution is 2.78. The minimum atomic E-state index is -0.830. The first-order valence-corrected chi connectivity index (χ1v) is 13.4. The van der Waals surface area contributed by atoms with E-state index in [4.69, 9.17) is 0 Å². The van der Waals surface area contributed by atoms with E-state index < -0.39 is 11.2 Å². The summed E-state index contributed by atoms with van der Waals surface area (Å²) in [7, 11) is 0. The lowest BCUT2D eigenvalue weighted by Gasteiger charge is -2.59. The molecule has 0 aliphatic heterocycles. The summed E-state index contributed by atoms with van der Waals surface area (Å²) in [6.45, 7) is 9.48. The average Bonchev–Trinajstić information content (AvgIpc) is 3.09. The second-order valence-electron chi connectivity index (χ2n) is 13.5. The third-order valence-electron chi connectivity index (χ3n) is 11.5. The molecule has 0 amide bonds. The van der Waals surface area contributed by atoms with Crippen LogP contribution in [0, 0.1) is 70.0 Å². The first-order valence-electron chi connectivity index (χ1n) is 13.4. The Morgan fingerprint density at radius 1 is 1.15 bits per heavy atom. The number of aliphatic hydroxyl groups is 2. The molecule has 12 atom stereocenters. The van der Waals surface area contributed by atoms with Gasteiger partial charge in [-0.2, -0.15) is 10.4 Å². The fourth-order valence-corrected chi connectivity index (χ4v) is 10.6. The van der Waals surface area contributed by atoms with E-state index in [0.717, 1.165) is 42.4 Å². The van der Waals surface area contributed by atoms with Gasteiger partial charge in [0.15, 0.2) is 0 Å². The Labute approximate surface area is 198 Å². The van der Waals surface area contributed by atoms with Crippen LogP contribution in [0.3, 0.4) is 0 Å². The van der Waals surface area contributed by atoms with Crippen molar-refractivity contribution in [3.8, 4) is 6.07 Å². The van der Waals surface area contributed by atoms with Crippen LogP contribution in [-0.4, -0.2) is 31.2 Å². The second kappa shape index (κ2) is 7.08. The van der Waals surface area contributed by atoms with Crippen LogP contribution in [0.5, 0.6) is 0 Å². The van der Waals surface area contributed by atoms with E-state index in [2.05, 4.69) is 25.0 Å². The van der Waals surface area contributed by atoms with E-state index in [1.54, 1.807) is 17.1 Å². The standard InChI is InChI=1S/C28H41N3O2/c1-16-22-23(16)25(28(4,33)15-31-14-17(12-29)13-30-31)27(3)10-8-20-19-7-9-26(2,32)11-18(19)5-6-21(20)24(22)27/h13-14,16,18-25,32-33H,5-11,15H2,1-4H3. The Morgan fingerprint density at radius 3 is 2.64 bits per heavy atom. The van der Waals surface area contributed by atoms with E-state index in [0.29, 0.717) is 29.9 Å². The molecule has 0 spiro atoms. The first-order chi connectivity index (χ1) is 15.6. The molecule has 6 rings (SSSR count). The van der Waals surface area contributed by atoms with Crippen molar-refractivity contribution in [2.75, 3.05) is 0 Å². The van der Waals surface area contributed by atoms with Gasteiger partial charge in [0.2, 0.25) is 0 Å². The molecule has 33 heavy (non-hydrogen) atoms. The van der Waals surface area contributed by atoms with Crippen LogP contribution in [0.2, 0.25) is 0 Å². The van der Waals surface area contributed by atoms with Gasteiger partial charge in [0.05, 0.1) is 29.5 Å². The normalized spacial score (nSPS) is 52.0. The molecular weight excluding hydrogens is 410 g/mol. The van der Waals surface area contributed by atoms with Crippen molar-refractivity contribution in [1.82, 2.24) is 9.78 Å². The molecule has 5 nitrogen and oxygen atoms in total. The van der Waals surface area contributed by atoms with Crippen LogP contribution < -0.4 is 0 Å². The lowest BCUT2D eigenvalue weighted by atomic mass is 9.47. The van der Waals surface area contributed by atoms with Crippen molar-refractivity contribution in [2.24, 2.45) is 58.7 Å². The predicted octanol–water partition coefficient (Wildman–Crippen LogP) is 4.63. The van der Waals surface area contributed by atoms with Crippen molar-refractivity contribution in [3.05, 3.63) is 18.0 Å². The van der Waals surface area contributed by atoms with Gasteiger partial charge in [0, 0.05) is 6.20 Å². The molecule has 5 aliphatic carbocycles. The van der Waals surface area contributed by atoms with E-state index in [1.165, 1.54) is 32.1 Å². The second-order valence-corrected chi connectivity index (χ2v) is 13.5. The van der Waals surface area contributed by atoms with Gasteiger partial charge in [0.1, 0.15) is 6.07 Å². The zero-order valence-electron chi connectivity index (χ0n) is 20.7. The maximum absolute atomic E-state index is 11.9. The first kappa shape index (κ1) is 22.1. The maximum atomic E-state index is 11.9. The smallest absolute Gasteiger partial charge is 0.102 e. The average molecular weight is 452 g/mol. The van der Waals surface area contributed by atoms with Crippen LogP contribution in [0.1, 0.15) is 78.2 Å². The largest absolute Gasteiger partial charge is 0.390 e. The van der Waals surface area contributed by atoms with E-state index in [1.807, 2.05) is 13.8 Å². The quantitative estimate of drug-likeness (QED) is 0.702. The number of hydrogen-bond acceptors (Lipinski definition) is 4. The Bertz CT molecular complexity index is 976. The van der Waals surface area contributed by atoms with Gasteiger partial charge in [-0.1, -0.05) is 13.8 Å². The third-order valence-corrected chi connectivity index (χ3v) is 11.5. The molecule has 1 aromatic rings. The molecule has 2 N–H and O–H groups in total. The molecule has 1 heterocycles. The highest BCUT2D eigenvalue weighted by Gasteiger charge is 2.75. The van der Waals surface area contributed by atoms with E-state index in [-0.39, 0.29) is 11.3 Å². The van der Waals surface area contributed by atoms with Crippen LogP contribution in [-0.2, 0) is 6.54 Å². The molecule has 5 saturated carbocycles. The number of fused-ring (bicyclic) bond motifs is 7. The summed E-state index contributed by atoms with van der Waals surface area (Å²) in [5.74, 6) is 6.21. The van der Waals surface area contributed by atoms with Gasteiger partial charge in [-0.3, -0.25) is 4.68 Å². The maximum Gasteiger partial charge on any atom is 0.102 e. The zero-order chi connectivity index (χ0) is 23.3. The van der Waals surface area contributed by atoms with Crippen LogP contribution >= 0.6 is 0 Å². The SMILES string of the molecule is CC1C2C1C(C(C)(O)Cn1cc(C#N)cn1)C1(C)CCC3C4CCC(C)(O)CC4CCC3C21. The fourth-order valence-electron chi connectivity index (χ4n) is 10.6. The Kier molecular flexibility index (Phi) is 4.74. The number of nitrogens with zero attached hydrogens (tertiary/aromatic N) is 3. The van der Waals surface area contributed by atoms with E-state index in [9.17, 15) is 15.5 Å². The fraction of sp³-hybridized carbons (Fsp3) is 0.857. The molecule has 0 aromatic carbocycles. The molecule has 0 radical (unpaired) electrons. The van der Waals surface area contributed by atoms with Gasteiger partial charge in [0.25, 0.3) is 0 Å². The highest BCUT2D eigenvalue weighted by molar-refractivity contribution is 5.24. The van der Waals surface area contributed by atoms with Gasteiger partial charge < -0.3 is 10.2 Å². The topological polar surface area (TPSA) is 82.1 Å². The summed E-state index contributed by atoms with van der Waals surface area (Å²) in [6, 6.07) is 2.16. The number of aromatic nitrogens is 2. The van der Waals surface area contributed by atoms with Gasteiger partial charge in [-0.05, 0) is 117 Å². The zero-order valence-corrected chi connectivity index (χ0v) is 20.7. The van der Waals surface area contributed by atoms with Crippen molar-refractivity contribution >= 4 is 0 Å². The molecule has 180 valence electrons. The third kappa shape index (κ3) is 3.19. The molecule has 5 aliphatic rings. The lowest BCUT2D eigenvalue weighted by molar-refractivity contribution is -0.142. The van der Waals surface area contributed by atoms with Crippen molar-refractivity contribution < 1.29 is 10.2 Å². The summed E-state index contributed by atoms with van der Waals surface area (Å²) in [5, 5.41) is 36.2. The van der Waals surface area contributed by atoms with Crippen LogP contribution in [0.4, 0.5) is 0 Å². The van der Waals surface area contributed by atoms with Crippen molar-refractivity contribution in [1.29, 1.82) is 5.26 Å². The molecule has 0 saturated heterocycles. The lowest BCUT2D eigenvalue weighted by Crippen LogP contribution is -2.55. The number of hydrogen-bond donors (Lipinski definition) is 2. The van der Waals surface area contributed by atoms with Crippen molar-refractivity contribution in [3.63, 3.8) is 0 Å². The van der Waals surface area contributed by atoms with E-state index >= 15 is 0 Å². The minimum absolute atomic E-state index is 0.185. The minimum Gasteiger partial charge on any atom is -0.390 e. The summed E-state index contributed by atoms with van der Waals surface area (Å²) in [5.41, 5.74) is -0.543. The van der Waals surface area contributed by atoms with Crippen molar-refractivity contribution in [2.45, 2.75) is 90.4 Å². The molecule has 1 aromatic heterocycles. The van der Waals surface area contributed by atoms with Gasteiger partial charge in [-0.25, -0.2) is 0 Å². The molecule has 0 bridgehead atoms. The molecule has 5 fully saturated rings. The van der Waals surface area contributed by atoms with Gasteiger partial charge >= 0.3 is 0 Å². The van der Waals surface area contributed by atoms with Crippen LogP contribution in [0.25, 0.3) is 0 Å². The molecule has 5 heteroatoms. The Hall–Kier alpha value is -1.38. The molecular formula is C28H41N3O2. The van der Waals surface area contributed by atoms with Gasteiger partial charge in [-0.15, -0.1) is 0 Å².